The monoisotopic (exact) mass is 178 g/mol. The standard InChI is InChI=1S/C12H18O/c1-8-3-4-10-6-11(8)7-12(13)5-9(10)2/h3,10-13H,2,4-7H2,1H3. The molecule has 2 bridgehead atoms. The molecule has 0 amide bonds. The van der Waals surface area contributed by atoms with Crippen LogP contribution in [0.25, 0.3) is 0 Å². The van der Waals surface area contributed by atoms with Crippen molar-refractivity contribution in [3.8, 4) is 0 Å². The zero-order valence-corrected chi connectivity index (χ0v) is 8.29. The van der Waals surface area contributed by atoms with Gasteiger partial charge in [0.1, 0.15) is 0 Å². The fourth-order valence-corrected chi connectivity index (χ4v) is 2.62. The first-order valence-electron chi connectivity index (χ1n) is 5.19. The molecular formula is C12H18O. The van der Waals surface area contributed by atoms with Gasteiger partial charge in [0.05, 0.1) is 6.10 Å². The van der Waals surface area contributed by atoms with Crippen LogP contribution in [0.15, 0.2) is 23.8 Å². The Hall–Kier alpha value is -0.560. The molecule has 3 unspecified atom stereocenters. The number of fused-ring (bicyclic) bond motifs is 2. The predicted octanol–water partition coefficient (Wildman–Crippen LogP) is 2.67. The van der Waals surface area contributed by atoms with Gasteiger partial charge in [-0.05, 0) is 44.4 Å². The number of hydrogen-bond acceptors (Lipinski definition) is 1. The Labute approximate surface area is 80.2 Å². The van der Waals surface area contributed by atoms with E-state index in [0.29, 0.717) is 11.8 Å². The van der Waals surface area contributed by atoms with Gasteiger partial charge in [-0.1, -0.05) is 23.8 Å². The first-order chi connectivity index (χ1) is 6.16. The van der Waals surface area contributed by atoms with Crippen LogP contribution in [0.1, 0.15) is 32.6 Å². The third-order valence-corrected chi connectivity index (χ3v) is 3.57. The Kier molecular flexibility index (Phi) is 2.29. The summed E-state index contributed by atoms with van der Waals surface area (Å²) in [7, 11) is 0. The minimum Gasteiger partial charge on any atom is -0.393 e. The molecule has 1 nitrogen and oxygen atoms in total. The molecule has 1 saturated carbocycles. The molecule has 2 rings (SSSR count). The normalized spacial score (nSPS) is 39.7. The van der Waals surface area contributed by atoms with E-state index < -0.39 is 0 Å². The smallest absolute Gasteiger partial charge is 0.0583 e. The van der Waals surface area contributed by atoms with Gasteiger partial charge in [-0.15, -0.1) is 0 Å². The molecule has 0 heterocycles. The Bertz CT molecular complexity index is 252. The lowest BCUT2D eigenvalue weighted by Crippen LogP contribution is -2.14. The van der Waals surface area contributed by atoms with E-state index >= 15 is 0 Å². The summed E-state index contributed by atoms with van der Waals surface area (Å²) in [5.74, 6) is 1.26. The first-order valence-corrected chi connectivity index (χ1v) is 5.19. The molecule has 0 aliphatic heterocycles. The van der Waals surface area contributed by atoms with Crippen LogP contribution in [0.3, 0.4) is 0 Å². The minimum absolute atomic E-state index is 0.149. The van der Waals surface area contributed by atoms with Crippen LogP contribution in [0.4, 0.5) is 0 Å². The molecule has 0 aromatic rings. The van der Waals surface area contributed by atoms with E-state index in [2.05, 4.69) is 19.6 Å². The van der Waals surface area contributed by atoms with Gasteiger partial charge in [-0.3, -0.25) is 0 Å². The molecule has 1 N–H and O–H groups in total. The SMILES string of the molecule is C=C1CC(O)CC2CC1CC=C2C. The van der Waals surface area contributed by atoms with Crippen molar-refractivity contribution in [3.63, 3.8) is 0 Å². The second kappa shape index (κ2) is 3.30. The maximum absolute atomic E-state index is 9.74. The van der Waals surface area contributed by atoms with E-state index in [4.69, 9.17) is 0 Å². The lowest BCUT2D eigenvalue weighted by Gasteiger charge is -2.26. The van der Waals surface area contributed by atoms with Gasteiger partial charge in [-0.2, -0.15) is 0 Å². The van der Waals surface area contributed by atoms with Gasteiger partial charge < -0.3 is 5.11 Å². The molecule has 0 aromatic heterocycles. The summed E-state index contributed by atoms with van der Waals surface area (Å²) in [6, 6.07) is 0. The van der Waals surface area contributed by atoms with Crippen LogP contribution in [0, 0.1) is 11.8 Å². The predicted molar refractivity (Wildman–Crippen MR) is 54.4 cm³/mol. The summed E-state index contributed by atoms with van der Waals surface area (Å²) in [6.07, 6.45) is 6.32. The Morgan fingerprint density at radius 1 is 1.38 bits per heavy atom. The highest BCUT2D eigenvalue weighted by atomic mass is 16.3. The van der Waals surface area contributed by atoms with Crippen molar-refractivity contribution in [1.82, 2.24) is 0 Å². The van der Waals surface area contributed by atoms with Crippen molar-refractivity contribution < 1.29 is 5.11 Å². The molecule has 1 heteroatoms. The molecule has 0 radical (unpaired) electrons. The quantitative estimate of drug-likeness (QED) is 0.565. The molecular weight excluding hydrogens is 160 g/mol. The third kappa shape index (κ3) is 1.71. The van der Waals surface area contributed by atoms with Crippen molar-refractivity contribution in [3.05, 3.63) is 23.8 Å². The van der Waals surface area contributed by atoms with E-state index in [1.807, 2.05) is 0 Å². The average Bonchev–Trinajstić information content (AvgIpc) is 2.18. The van der Waals surface area contributed by atoms with Crippen molar-refractivity contribution >= 4 is 0 Å². The number of aliphatic hydroxyl groups is 1. The zero-order valence-electron chi connectivity index (χ0n) is 8.29. The number of allylic oxidation sites excluding steroid dienone is 2. The molecule has 0 aromatic carbocycles. The zero-order chi connectivity index (χ0) is 9.42. The van der Waals surface area contributed by atoms with Crippen LogP contribution in [-0.2, 0) is 0 Å². The van der Waals surface area contributed by atoms with Gasteiger partial charge >= 0.3 is 0 Å². The van der Waals surface area contributed by atoms with E-state index in [9.17, 15) is 5.11 Å². The molecule has 13 heavy (non-hydrogen) atoms. The summed E-state index contributed by atoms with van der Waals surface area (Å²) in [6.45, 7) is 6.28. The van der Waals surface area contributed by atoms with E-state index in [0.717, 1.165) is 19.3 Å². The molecule has 2 aliphatic rings. The number of aliphatic hydroxyl groups excluding tert-OH is 1. The maximum Gasteiger partial charge on any atom is 0.0583 e. The molecule has 3 atom stereocenters. The highest BCUT2D eigenvalue weighted by molar-refractivity contribution is 5.18. The van der Waals surface area contributed by atoms with Gasteiger partial charge in [0.25, 0.3) is 0 Å². The highest BCUT2D eigenvalue weighted by Crippen LogP contribution is 2.40. The average molecular weight is 178 g/mol. The van der Waals surface area contributed by atoms with Crippen molar-refractivity contribution in [2.75, 3.05) is 0 Å². The van der Waals surface area contributed by atoms with E-state index in [1.54, 1.807) is 0 Å². The fraction of sp³-hybridized carbons (Fsp3) is 0.667. The first kappa shape index (κ1) is 9.01. The summed E-state index contributed by atoms with van der Waals surface area (Å²) < 4.78 is 0. The van der Waals surface area contributed by atoms with Crippen molar-refractivity contribution in [2.45, 2.75) is 38.7 Å². The van der Waals surface area contributed by atoms with Gasteiger partial charge in [0.15, 0.2) is 0 Å². The van der Waals surface area contributed by atoms with Gasteiger partial charge in [0.2, 0.25) is 0 Å². The van der Waals surface area contributed by atoms with E-state index in [1.165, 1.54) is 17.6 Å². The maximum atomic E-state index is 9.74. The van der Waals surface area contributed by atoms with Crippen LogP contribution in [0.2, 0.25) is 0 Å². The third-order valence-electron chi connectivity index (χ3n) is 3.57. The van der Waals surface area contributed by atoms with Crippen LogP contribution >= 0.6 is 0 Å². The lowest BCUT2D eigenvalue weighted by molar-refractivity contribution is 0.154. The number of rotatable bonds is 0. The molecule has 2 aliphatic carbocycles. The summed E-state index contributed by atoms with van der Waals surface area (Å²) >= 11 is 0. The van der Waals surface area contributed by atoms with E-state index in [-0.39, 0.29) is 6.10 Å². The van der Waals surface area contributed by atoms with Crippen LogP contribution in [0.5, 0.6) is 0 Å². The summed E-state index contributed by atoms with van der Waals surface area (Å²) in [5, 5.41) is 9.74. The molecule has 1 fully saturated rings. The second-order valence-corrected chi connectivity index (χ2v) is 4.57. The molecule has 72 valence electrons. The Morgan fingerprint density at radius 2 is 2.15 bits per heavy atom. The topological polar surface area (TPSA) is 20.2 Å². The Morgan fingerprint density at radius 3 is 2.92 bits per heavy atom. The molecule has 0 spiro atoms. The minimum atomic E-state index is -0.149. The van der Waals surface area contributed by atoms with Crippen molar-refractivity contribution in [2.24, 2.45) is 11.8 Å². The van der Waals surface area contributed by atoms with Crippen molar-refractivity contribution in [1.29, 1.82) is 0 Å². The van der Waals surface area contributed by atoms with Crippen LogP contribution in [-0.4, -0.2) is 11.2 Å². The van der Waals surface area contributed by atoms with Gasteiger partial charge in [0, 0.05) is 0 Å². The number of hydrogen-bond donors (Lipinski definition) is 1. The molecule has 0 saturated heterocycles. The second-order valence-electron chi connectivity index (χ2n) is 4.57. The Balaban J connectivity index is 2.22. The summed E-state index contributed by atoms with van der Waals surface area (Å²) in [4.78, 5) is 0. The largest absolute Gasteiger partial charge is 0.393 e. The fourth-order valence-electron chi connectivity index (χ4n) is 2.62. The summed E-state index contributed by atoms with van der Waals surface area (Å²) in [5.41, 5.74) is 2.74. The lowest BCUT2D eigenvalue weighted by atomic mass is 9.80. The van der Waals surface area contributed by atoms with Gasteiger partial charge in [-0.25, -0.2) is 0 Å². The highest BCUT2D eigenvalue weighted by Gasteiger charge is 2.29. The van der Waals surface area contributed by atoms with Crippen LogP contribution < -0.4 is 0 Å².